The van der Waals surface area contributed by atoms with Gasteiger partial charge in [0.1, 0.15) is 0 Å². The number of hydrogen-bond donors (Lipinski definition) is 0. The van der Waals surface area contributed by atoms with Crippen LogP contribution in [0.3, 0.4) is 0 Å². The number of rotatable bonds is 2. The smallest absolute Gasteiger partial charge is 0.253 e. The lowest BCUT2D eigenvalue weighted by atomic mass is 9.88. The van der Waals surface area contributed by atoms with Crippen molar-refractivity contribution in [3.05, 3.63) is 33.3 Å². The van der Waals surface area contributed by atoms with Crippen LogP contribution in [-0.2, 0) is 4.79 Å². The standard InChI is InChI=1S/C18H22Cl2N2O2/c1-10-15(19)6-12(7-16(10)20)18(24)22(3)14-4-11-8-17(23)21(2)9-13(11)5-14/h6-7,11,13-14H,4-5,8-9H2,1-3H3/t11-,13+,14-/m1/s1. The molecule has 1 aliphatic heterocycles. The van der Waals surface area contributed by atoms with E-state index in [2.05, 4.69) is 0 Å². The van der Waals surface area contributed by atoms with Gasteiger partial charge in [0.05, 0.1) is 0 Å². The van der Waals surface area contributed by atoms with E-state index < -0.39 is 0 Å². The quantitative estimate of drug-likeness (QED) is 0.799. The van der Waals surface area contributed by atoms with Gasteiger partial charge in [0.15, 0.2) is 0 Å². The normalized spacial score (nSPS) is 26.5. The van der Waals surface area contributed by atoms with Gasteiger partial charge in [-0.1, -0.05) is 23.2 Å². The predicted octanol–water partition coefficient (Wildman–Crippen LogP) is 3.63. The summed E-state index contributed by atoms with van der Waals surface area (Å²) < 4.78 is 0. The molecule has 1 aromatic carbocycles. The van der Waals surface area contributed by atoms with E-state index in [1.165, 1.54) is 0 Å². The summed E-state index contributed by atoms with van der Waals surface area (Å²) in [7, 11) is 3.69. The molecule has 3 rings (SSSR count). The molecule has 24 heavy (non-hydrogen) atoms. The summed E-state index contributed by atoms with van der Waals surface area (Å²) >= 11 is 12.3. The fourth-order valence-corrected chi connectivity index (χ4v) is 4.43. The number of amides is 2. The monoisotopic (exact) mass is 368 g/mol. The summed E-state index contributed by atoms with van der Waals surface area (Å²) in [6.45, 7) is 2.63. The summed E-state index contributed by atoms with van der Waals surface area (Å²) in [4.78, 5) is 28.3. The molecule has 0 bridgehead atoms. The number of fused-ring (bicyclic) bond motifs is 1. The SMILES string of the molecule is Cc1c(Cl)cc(C(=O)N(C)[C@@H]2C[C@@H]3CC(=O)N(C)C[C@@H]3C2)cc1Cl. The third-order valence-electron chi connectivity index (χ3n) is 5.58. The number of halogens is 2. The zero-order valence-corrected chi connectivity index (χ0v) is 15.7. The maximum atomic E-state index is 12.8. The topological polar surface area (TPSA) is 40.6 Å². The van der Waals surface area contributed by atoms with Crippen LogP contribution in [0.5, 0.6) is 0 Å². The lowest BCUT2D eigenvalue weighted by molar-refractivity contribution is -0.134. The van der Waals surface area contributed by atoms with Crippen molar-refractivity contribution in [2.45, 2.75) is 32.2 Å². The van der Waals surface area contributed by atoms with Gasteiger partial charge < -0.3 is 9.80 Å². The molecule has 1 saturated heterocycles. The molecule has 0 aromatic heterocycles. The van der Waals surface area contributed by atoms with Crippen LogP contribution in [-0.4, -0.2) is 48.3 Å². The minimum Gasteiger partial charge on any atom is -0.345 e. The highest BCUT2D eigenvalue weighted by Crippen LogP contribution is 2.40. The van der Waals surface area contributed by atoms with E-state index in [-0.39, 0.29) is 17.9 Å². The summed E-state index contributed by atoms with van der Waals surface area (Å²) in [5.41, 5.74) is 1.30. The Hall–Kier alpha value is -1.26. The molecule has 6 heteroatoms. The highest BCUT2D eigenvalue weighted by molar-refractivity contribution is 6.36. The van der Waals surface area contributed by atoms with E-state index in [1.807, 2.05) is 25.9 Å². The molecule has 1 aromatic rings. The zero-order chi connectivity index (χ0) is 17.6. The number of piperidine rings is 1. The van der Waals surface area contributed by atoms with Crippen molar-refractivity contribution in [3.63, 3.8) is 0 Å². The van der Waals surface area contributed by atoms with Crippen LogP contribution in [0.15, 0.2) is 12.1 Å². The second kappa shape index (κ2) is 6.57. The van der Waals surface area contributed by atoms with E-state index in [0.717, 1.165) is 24.9 Å². The Balaban J connectivity index is 1.74. The first-order chi connectivity index (χ1) is 11.3. The Labute approximate surface area is 152 Å². The summed E-state index contributed by atoms with van der Waals surface area (Å²) in [6.07, 6.45) is 2.43. The van der Waals surface area contributed by atoms with E-state index in [1.54, 1.807) is 17.0 Å². The second-order valence-electron chi connectivity index (χ2n) is 7.10. The lowest BCUT2D eigenvalue weighted by Gasteiger charge is -2.31. The largest absolute Gasteiger partial charge is 0.345 e. The van der Waals surface area contributed by atoms with E-state index >= 15 is 0 Å². The van der Waals surface area contributed by atoms with Gasteiger partial charge in [-0.05, 0) is 49.3 Å². The Morgan fingerprint density at radius 1 is 1.21 bits per heavy atom. The zero-order valence-electron chi connectivity index (χ0n) is 14.2. The maximum absolute atomic E-state index is 12.8. The Morgan fingerprint density at radius 3 is 2.42 bits per heavy atom. The number of nitrogens with zero attached hydrogens (tertiary/aromatic N) is 2. The number of likely N-dealkylation sites (tertiary alicyclic amines) is 1. The van der Waals surface area contributed by atoms with Crippen molar-refractivity contribution in [1.29, 1.82) is 0 Å². The molecule has 0 radical (unpaired) electrons. The minimum atomic E-state index is -0.0675. The highest BCUT2D eigenvalue weighted by atomic mass is 35.5. The van der Waals surface area contributed by atoms with Crippen LogP contribution in [0.1, 0.15) is 35.2 Å². The first-order valence-electron chi connectivity index (χ1n) is 8.24. The molecular formula is C18H22Cl2N2O2. The maximum Gasteiger partial charge on any atom is 0.253 e. The molecule has 4 nitrogen and oxygen atoms in total. The Kier molecular flexibility index (Phi) is 4.80. The fourth-order valence-electron chi connectivity index (χ4n) is 3.94. The first kappa shape index (κ1) is 17.6. The van der Waals surface area contributed by atoms with E-state index in [0.29, 0.717) is 33.9 Å². The number of carbonyl (C=O) groups excluding carboxylic acids is 2. The van der Waals surface area contributed by atoms with Crippen molar-refractivity contribution >= 4 is 35.0 Å². The Bertz CT molecular complexity index is 669. The molecule has 2 fully saturated rings. The summed E-state index contributed by atoms with van der Waals surface area (Å²) in [5.74, 6) is 1.02. The highest BCUT2D eigenvalue weighted by Gasteiger charge is 2.42. The van der Waals surface area contributed by atoms with Crippen molar-refractivity contribution in [1.82, 2.24) is 9.80 Å². The third kappa shape index (κ3) is 3.14. The van der Waals surface area contributed by atoms with Crippen LogP contribution in [0.2, 0.25) is 10.0 Å². The average Bonchev–Trinajstić information content (AvgIpc) is 2.93. The molecule has 0 unspecified atom stereocenters. The predicted molar refractivity (Wildman–Crippen MR) is 95.5 cm³/mol. The van der Waals surface area contributed by atoms with Gasteiger partial charge in [-0.15, -0.1) is 0 Å². The number of hydrogen-bond acceptors (Lipinski definition) is 2. The Morgan fingerprint density at radius 2 is 1.79 bits per heavy atom. The molecular weight excluding hydrogens is 347 g/mol. The molecule has 1 saturated carbocycles. The van der Waals surface area contributed by atoms with Crippen molar-refractivity contribution in [3.8, 4) is 0 Å². The van der Waals surface area contributed by atoms with Crippen molar-refractivity contribution < 1.29 is 9.59 Å². The molecule has 0 spiro atoms. The van der Waals surface area contributed by atoms with Gasteiger partial charge in [0.2, 0.25) is 5.91 Å². The fraction of sp³-hybridized carbons (Fsp3) is 0.556. The molecule has 2 amide bonds. The van der Waals surface area contributed by atoms with Gasteiger partial charge in [0.25, 0.3) is 5.91 Å². The molecule has 1 heterocycles. The first-order valence-corrected chi connectivity index (χ1v) is 9.00. The summed E-state index contributed by atoms with van der Waals surface area (Å²) in [6, 6.07) is 3.52. The number of benzene rings is 1. The van der Waals surface area contributed by atoms with E-state index in [9.17, 15) is 9.59 Å². The van der Waals surface area contributed by atoms with Crippen LogP contribution in [0.25, 0.3) is 0 Å². The lowest BCUT2D eigenvalue weighted by Crippen LogP contribution is -2.39. The molecule has 130 valence electrons. The minimum absolute atomic E-state index is 0.0675. The van der Waals surface area contributed by atoms with Gasteiger partial charge in [-0.3, -0.25) is 9.59 Å². The molecule has 1 aliphatic carbocycles. The van der Waals surface area contributed by atoms with Gasteiger partial charge >= 0.3 is 0 Å². The average molecular weight is 369 g/mol. The van der Waals surface area contributed by atoms with Crippen LogP contribution in [0, 0.1) is 18.8 Å². The van der Waals surface area contributed by atoms with Gasteiger partial charge in [0, 0.05) is 48.7 Å². The van der Waals surface area contributed by atoms with E-state index in [4.69, 9.17) is 23.2 Å². The van der Waals surface area contributed by atoms with Gasteiger partial charge in [-0.25, -0.2) is 0 Å². The van der Waals surface area contributed by atoms with Crippen molar-refractivity contribution in [2.75, 3.05) is 20.6 Å². The van der Waals surface area contributed by atoms with Crippen LogP contribution >= 0.6 is 23.2 Å². The second-order valence-corrected chi connectivity index (χ2v) is 7.92. The molecule has 0 N–H and O–H groups in total. The van der Waals surface area contributed by atoms with Gasteiger partial charge in [-0.2, -0.15) is 0 Å². The van der Waals surface area contributed by atoms with Crippen LogP contribution in [0.4, 0.5) is 0 Å². The summed E-state index contributed by atoms with van der Waals surface area (Å²) in [5, 5.41) is 1.01. The van der Waals surface area contributed by atoms with Crippen LogP contribution < -0.4 is 0 Å². The molecule has 2 aliphatic rings. The number of carbonyl (C=O) groups is 2. The third-order valence-corrected chi connectivity index (χ3v) is 6.37. The van der Waals surface area contributed by atoms with Crippen molar-refractivity contribution in [2.24, 2.45) is 11.8 Å². The molecule has 3 atom stereocenters.